The molecule has 0 aromatic carbocycles. The van der Waals surface area contributed by atoms with Crippen LogP contribution in [-0.2, 0) is 4.57 Å². The fourth-order valence-corrected chi connectivity index (χ4v) is 0. The molecule has 0 saturated carbocycles. The first-order valence-corrected chi connectivity index (χ1v) is 2.75. The van der Waals surface area contributed by atoms with Crippen molar-refractivity contribution in [2.45, 2.75) is 6.92 Å². The van der Waals surface area contributed by atoms with Crippen LogP contribution in [0, 0.1) is 0 Å². The zero-order valence-corrected chi connectivity index (χ0v) is 7.99. The van der Waals surface area contributed by atoms with Crippen LogP contribution >= 0.6 is 8.03 Å². The molecular weight excluding hydrogens is 126 g/mol. The Balaban J connectivity index is 0. The van der Waals surface area contributed by atoms with Crippen molar-refractivity contribution in [2.24, 2.45) is 0 Å². The van der Waals surface area contributed by atoms with Crippen LogP contribution in [0.3, 0.4) is 0 Å². The molecule has 0 aliphatic rings. The van der Waals surface area contributed by atoms with Gasteiger partial charge in [-0.1, -0.05) is 4.57 Å². The molecular formula is C2H5KO2P+. The molecule has 0 radical (unpaired) electrons. The number of rotatable bonds is 1. The molecule has 0 aromatic heterocycles. The molecule has 0 aliphatic heterocycles. The van der Waals surface area contributed by atoms with Crippen LogP contribution in [0.1, 0.15) is 6.92 Å². The molecule has 2 nitrogen and oxygen atoms in total. The minimum atomic E-state index is -2.10. The fourth-order valence-electron chi connectivity index (χ4n) is 0. The first kappa shape index (κ1) is 10.6. The Labute approximate surface area is 80.6 Å². The van der Waals surface area contributed by atoms with Gasteiger partial charge in [-0.15, -0.1) is 0 Å². The van der Waals surface area contributed by atoms with Crippen LogP contribution in [0.4, 0.5) is 0 Å². The average Bonchev–Trinajstić information content (AvgIpc) is 1.38. The maximum atomic E-state index is 9.41. The smallest absolute Gasteiger partial charge is 0.596 e. The van der Waals surface area contributed by atoms with Gasteiger partial charge >= 0.3 is 59.4 Å². The van der Waals surface area contributed by atoms with Gasteiger partial charge < -0.3 is 4.89 Å². The van der Waals surface area contributed by atoms with Crippen molar-refractivity contribution >= 4 is 8.03 Å². The van der Waals surface area contributed by atoms with Crippen molar-refractivity contribution in [3.63, 3.8) is 0 Å². The molecule has 0 N–H and O–H groups in total. The molecule has 4 heteroatoms. The van der Waals surface area contributed by atoms with Gasteiger partial charge in [-0.25, -0.2) is 0 Å². The summed E-state index contributed by atoms with van der Waals surface area (Å²) in [4.78, 5) is 9.41. The van der Waals surface area contributed by atoms with Crippen molar-refractivity contribution in [1.82, 2.24) is 0 Å². The largest absolute Gasteiger partial charge is 1.00 e. The molecule has 0 spiro atoms. The van der Waals surface area contributed by atoms with Crippen molar-refractivity contribution in [3.8, 4) is 0 Å². The molecule has 0 aromatic rings. The number of hydrogen-bond acceptors (Lipinski definition) is 2. The van der Waals surface area contributed by atoms with Crippen molar-refractivity contribution in [3.05, 3.63) is 0 Å². The van der Waals surface area contributed by atoms with E-state index in [4.69, 9.17) is 0 Å². The van der Waals surface area contributed by atoms with Gasteiger partial charge in [0, 0.05) is 0 Å². The molecule has 0 rings (SSSR count). The van der Waals surface area contributed by atoms with Crippen LogP contribution in [-0.4, -0.2) is 6.16 Å². The summed E-state index contributed by atoms with van der Waals surface area (Å²) in [6.07, 6.45) is 0.259. The van der Waals surface area contributed by atoms with Crippen LogP contribution in [0.25, 0.3) is 0 Å². The van der Waals surface area contributed by atoms with E-state index in [0.717, 1.165) is 0 Å². The van der Waals surface area contributed by atoms with Gasteiger partial charge in [-0.2, -0.15) is 0 Å². The SMILES string of the molecule is CC[P+](=O)[O-].[K+]. The summed E-state index contributed by atoms with van der Waals surface area (Å²) in [5, 5.41) is 0. The monoisotopic (exact) mass is 131 g/mol. The van der Waals surface area contributed by atoms with Gasteiger partial charge in [0.25, 0.3) is 0 Å². The van der Waals surface area contributed by atoms with E-state index < -0.39 is 8.03 Å². The Bertz CT molecular complexity index is 46.8. The molecule has 0 fully saturated rings. The Hall–Kier alpha value is 1.70. The zero-order chi connectivity index (χ0) is 4.28. The Morgan fingerprint density at radius 2 is 2.00 bits per heavy atom. The van der Waals surface area contributed by atoms with Crippen LogP contribution < -0.4 is 56.3 Å². The molecule has 30 valence electrons. The van der Waals surface area contributed by atoms with E-state index in [0.29, 0.717) is 0 Å². The van der Waals surface area contributed by atoms with E-state index in [-0.39, 0.29) is 57.5 Å². The second-order valence-corrected chi connectivity index (χ2v) is 1.95. The van der Waals surface area contributed by atoms with E-state index in [2.05, 4.69) is 0 Å². The average molecular weight is 131 g/mol. The van der Waals surface area contributed by atoms with Crippen molar-refractivity contribution in [2.75, 3.05) is 6.16 Å². The second-order valence-electron chi connectivity index (χ2n) is 0.649. The second kappa shape index (κ2) is 6.70. The van der Waals surface area contributed by atoms with E-state index in [1.54, 1.807) is 6.92 Å². The first-order valence-electron chi connectivity index (χ1n) is 1.39. The molecule has 0 bridgehead atoms. The predicted octanol–water partition coefficient (Wildman–Crippen LogP) is -2.89. The molecule has 0 amide bonds. The van der Waals surface area contributed by atoms with E-state index in [9.17, 15) is 9.46 Å². The van der Waals surface area contributed by atoms with Gasteiger partial charge in [0.1, 0.15) is 6.16 Å². The molecule has 0 heterocycles. The maximum absolute atomic E-state index is 9.41. The van der Waals surface area contributed by atoms with E-state index >= 15 is 0 Å². The minimum absolute atomic E-state index is 0. The maximum Gasteiger partial charge on any atom is 1.00 e. The Kier molecular flexibility index (Phi) is 11.9. The van der Waals surface area contributed by atoms with Gasteiger partial charge in [-0.05, 0) is 6.92 Å². The molecule has 0 aliphatic carbocycles. The summed E-state index contributed by atoms with van der Waals surface area (Å²) in [6.45, 7) is 1.60. The minimum Gasteiger partial charge on any atom is -0.596 e. The molecule has 1 atom stereocenters. The van der Waals surface area contributed by atoms with Crippen molar-refractivity contribution in [1.29, 1.82) is 0 Å². The Morgan fingerprint density at radius 1 is 1.83 bits per heavy atom. The van der Waals surface area contributed by atoms with Crippen LogP contribution in [0.5, 0.6) is 0 Å². The fraction of sp³-hybridized carbons (Fsp3) is 1.00. The van der Waals surface area contributed by atoms with Gasteiger partial charge in [0.2, 0.25) is 0 Å². The summed E-state index contributed by atoms with van der Waals surface area (Å²) in [7, 11) is -2.10. The third kappa shape index (κ3) is 9.20. The molecule has 0 saturated heterocycles. The standard InChI is InChI=1S/C2H5O2P.K/c1-2-5(3)4;/h2H2,1H3;/q;+1. The molecule has 6 heavy (non-hydrogen) atoms. The summed E-state index contributed by atoms with van der Waals surface area (Å²) in [5.74, 6) is 0. The summed E-state index contributed by atoms with van der Waals surface area (Å²) in [6, 6.07) is 0. The summed E-state index contributed by atoms with van der Waals surface area (Å²) >= 11 is 0. The first-order chi connectivity index (χ1) is 2.27. The third-order valence-electron chi connectivity index (χ3n) is 0.258. The van der Waals surface area contributed by atoms with Gasteiger partial charge in [-0.3, -0.25) is 0 Å². The third-order valence-corrected chi connectivity index (χ3v) is 0.775. The normalized spacial score (nSPS) is 9.33. The summed E-state index contributed by atoms with van der Waals surface area (Å²) in [5.41, 5.74) is 0. The summed E-state index contributed by atoms with van der Waals surface area (Å²) < 4.78 is 9.41. The predicted molar refractivity (Wildman–Crippen MR) is 18.1 cm³/mol. The van der Waals surface area contributed by atoms with Crippen LogP contribution in [0.15, 0.2) is 0 Å². The number of hydrogen-bond donors (Lipinski definition) is 0. The van der Waals surface area contributed by atoms with Crippen LogP contribution in [0.2, 0.25) is 0 Å². The van der Waals surface area contributed by atoms with E-state index in [1.807, 2.05) is 0 Å². The quantitative estimate of drug-likeness (QED) is 0.283. The molecule has 1 unspecified atom stereocenters. The van der Waals surface area contributed by atoms with E-state index in [1.165, 1.54) is 0 Å². The van der Waals surface area contributed by atoms with Gasteiger partial charge in [0.15, 0.2) is 0 Å². The van der Waals surface area contributed by atoms with Gasteiger partial charge in [0.05, 0.1) is 0 Å². The zero-order valence-electron chi connectivity index (χ0n) is 3.97. The van der Waals surface area contributed by atoms with Crippen molar-refractivity contribution < 1.29 is 60.8 Å². The topological polar surface area (TPSA) is 40.1 Å². The Morgan fingerprint density at radius 3 is 2.00 bits per heavy atom.